The predicted octanol–water partition coefficient (Wildman–Crippen LogP) is 2.92. The third-order valence-corrected chi connectivity index (χ3v) is 2.82. The lowest BCUT2D eigenvalue weighted by atomic mass is 9.91. The number of aliphatic hydroxyl groups is 1. The van der Waals surface area contributed by atoms with Crippen LogP contribution in [-0.4, -0.2) is 5.11 Å². The molecule has 0 saturated heterocycles. The summed E-state index contributed by atoms with van der Waals surface area (Å²) in [5.74, 6) is 0. The van der Waals surface area contributed by atoms with Crippen LogP contribution in [0.1, 0.15) is 37.0 Å². The number of hydrogen-bond donors (Lipinski definition) is 1. The molecule has 0 bridgehead atoms. The van der Waals surface area contributed by atoms with Gasteiger partial charge in [0.05, 0.1) is 5.60 Å². The van der Waals surface area contributed by atoms with Crippen molar-refractivity contribution in [2.24, 2.45) is 0 Å². The molecule has 1 rings (SSSR count). The zero-order chi connectivity index (χ0) is 10.1. The summed E-state index contributed by atoms with van der Waals surface area (Å²) < 4.78 is 0. The molecule has 1 unspecified atom stereocenters. The van der Waals surface area contributed by atoms with Crippen molar-refractivity contribution < 1.29 is 5.11 Å². The minimum absolute atomic E-state index is 0.682. The van der Waals surface area contributed by atoms with Crippen LogP contribution < -0.4 is 0 Å². The summed E-state index contributed by atoms with van der Waals surface area (Å²) in [6.07, 6.45) is 0.746. The minimum Gasteiger partial charge on any atom is -0.385 e. The average molecular weight is 178 g/mol. The van der Waals surface area contributed by atoms with Crippen molar-refractivity contribution >= 4 is 0 Å². The van der Waals surface area contributed by atoms with Crippen molar-refractivity contribution in [2.75, 3.05) is 0 Å². The van der Waals surface area contributed by atoms with E-state index in [0.717, 1.165) is 12.0 Å². The fourth-order valence-corrected chi connectivity index (χ4v) is 1.28. The Bertz CT molecular complexity index is 300. The molecule has 0 radical (unpaired) electrons. The Morgan fingerprint density at radius 2 is 1.85 bits per heavy atom. The topological polar surface area (TPSA) is 20.2 Å². The first-order chi connectivity index (χ1) is 5.97. The quantitative estimate of drug-likeness (QED) is 0.738. The van der Waals surface area contributed by atoms with Gasteiger partial charge in [0.1, 0.15) is 0 Å². The van der Waals surface area contributed by atoms with Crippen LogP contribution in [0.5, 0.6) is 0 Å². The van der Waals surface area contributed by atoms with Gasteiger partial charge in [-0.15, -0.1) is 0 Å². The molecule has 13 heavy (non-hydrogen) atoms. The maximum Gasteiger partial charge on any atom is 0.0866 e. The Balaban J connectivity index is 3.10. The number of benzene rings is 1. The van der Waals surface area contributed by atoms with E-state index < -0.39 is 5.60 Å². The van der Waals surface area contributed by atoms with E-state index in [4.69, 9.17) is 0 Å². The second-order valence-corrected chi connectivity index (χ2v) is 3.93. The van der Waals surface area contributed by atoms with Crippen LogP contribution in [0.3, 0.4) is 0 Å². The van der Waals surface area contributed by atoms with Gasteiger partial charge < -0.3 is 5.11 Å². The fraction of sp³-hybridized carbons (Fsp3) is 0.500. The van der Waals surface area contributed by atoms with E-state index in [0.29, 0.717) is 0 Å². The highest BCUT2D eigenvalue weighted by molar-refractivity contribution is 5.32. The lowest BCUT2D eigenvalue weighted by Gasteiger charge is -2.22. The molecule has 1 N–H and O–H groups in total. The van der Waals surface area contributed by atoms with Crippen LogP contribution in [0.2, 0.25) is 0 Å². The first kappa shape index (κ1) is 10.3. The van der Waals surface area contributed by atoms with Gasteiger partial charge >= 0.3 is 0 Å². The van der Waals surface area contributed by atoms with E-state index in [1.807, 2.05) is 19.9 Å². The standard InChI is InChI=1S/C12H18O/c1-5-12(4,13)11-7-6-9(2)10(3)8-11/h6-8,13H,5H2,1-4H3. The molecule has 0 aliphatic rings. The van der Waals surface area contributed by atoms with Crippen molar-refractivity contribution in [1.82, 2.24) is 0 Å². The van der Waals surface area contributed by atoms with Gasteiger partial charge in [-0.2, -0.15) is 0 Å². The van der Waals surface area contributed by atoms with E-state index in [1.54, 1.807) is 0 Å². The number of aryl methyl sites for hydroxylation is 2. The molecule has 1 atom stereocenters. The van der Waals surface area contributed by atoms with Crippen LogP contribution in [0.25, 0.3) is 0 Å². The van der Waals surface area contributed by atoms with Gasteiger partial charge in [-0.05, 0) is 43.9 Å². The molecule has 0 heterocycles. The molecule has 1 aromatic rings. The molecule has 0 aliphatic heterocycles. The molecular weight excluding hydrogens is 160 g/mol. The summed E-state index contributed by atoms with van der Waals surface area (Å²) in [4.78, 5) is 0. The Hall–Kier alpha value is -0.820. The highest BCUT2D eigenvalue weighted by atomic mass is 16.3. The molecule has 72 valence electrons. The van der Waals surface area contributed by atoms with Gasteiger partial charge in [0.2, 0.25) is 0 Å². The molecule has 0 spiro atoms. The third-order valence-electron chi connectivity index (χ3n) is 2.82. The first-order valence-electron chi connectivity index (χ1n) is 4.77. The van der Waals surface area contributed by atoms with E-state index in [9.17, 15) is 5.11 Å². The molecule has 0 aliphatic carbocycles. The molecular formula is C12H18O. The summed E-state index contributed by atoms with van der Waals surface area (Å²) in [5, 5.41) is 10.0. The largest absolute Gasteiger partial charge is 0.385 e. The Morgan fingerprint density at radius 1 is 1.23 bits per heavy atom. The SMILES string of the molecule is CCC(C)(O)c1ccc(C)c(C)c1. The van der Waals surface area contributed by atoms with Crippen LogP contribution in [0, 0.1) is 13.8 Å². The maximum atomic E-state index is 10.0. The number of hydrogen-bond acceptors (Lipinski definition) is 1. The Labute approximate surface area is 80.4 Å². The second-order valence-electron chi connectivity index (χ2n) is 3.93. The van der Waals surface area contributed by atoms with Crippen LogP contribution in [0.15, 0.2) is 18.2 Å². The molecule has 1 nitrogen and oxygen atoms in total. The summed E-state index contributed by atoms with van der Waals surface area (Å²) in [7, 11) is 0. The maximum absolute atomic E-state index is 10.0. The normalized spacial score (nSPS) is 15.5. The van der Waals surface area contributed by atoms with Crippen LogP contribution in [-0.2, 0) is 5.60 Å². The van der Waals surface area contributed by atoms with Gasteiger partial charge in [0, 0.05) is 0 Å². The summed E-state index contributed by atoms with van der Waals surface area (Å²) in [6, 6.07) is 6.14. The van der Waals surface area contributed by atoms with Gasteiger partial charge in [-0.1, -0.05) is 25.1 Å². The van der Waals surface area contributed by atoms with Crippen molar-refractivity contribution in [3.8, 4) is 0 Å². The van der Waals surface area contributed by atoms with E-state index in [1.165, 1.54) is 11.1 Å². The van der Waals surface area contributed by atoms with Crippen molar-refractivity contribution in [3.05, 3.63) is 34.9 Å². The summed E-state index contributed by atoms with van der Waals surface area (Å²) in [6.45, 7) is 8.01. The van der Waals surface area contributed by atoms with Crippen LogP contribution in [0.4, 0.5) is 0 Å². The van der Waals surface area contributed by atoms with E-state index in [2.05, 4.69) is 26.0 Å². The van der Waals surface area contributed by atoms with Crippen LogP contribution >= 0.6 is 0 Å². The highest BCUT2D eigenvalue weighted by Crippen LogP contribution is 2.25. The molecule has 1 heteroatoms. The van der Waals surface area contributed by atoms with Gasteiger partial charge in [0.15, 0.2) is 0 Å². The molecule has 0 fully saturated rings. The third kappa shape index (κ3) is 2.10. The summed E-state index contributed by atoms with van der Waals surface area (Å²) >= 11 is 0. The Morgan fingerprint density at radius 3 is 2.31 bits per heavy atom. The molecule has 1 aromatic carbocycles. The fourth-order valence-electron chi connectivity index (χ4n) is 1.28. The minimum atomic E-state index is -0.682. The zero-order valence-electron chi connectivity index (χ0n) is 8.89. The molecule has 0 saturated carbocycles. The Kier molecular flexibility index (Phi) is 2.77. The van der Waals surface area contributed by atoms with E-state index >= 15 is 0 Å². The lowest BCUT2D eigenvalue weighted by Crippen LogP contribution is -2.19. The van der Waals surface area contributed by atoms with Crippen molar-refractivity contribution in [3.63, 3.8) is 0 Å². The smallest absolute Gasteiger partial charge is 0.0866 e. The summed E-state index contributed by atoms with van der Waals surface area (Å²) in [5.41, 5.74) is 2.85. The molecule has 0 amide bonds. The lowest BCUT2D eigenvalue weighted by molar-refractivity contribution is 0.0530. The van der Waals surface area contributed by atoms with Gasteiger partial charge in [-0.3, -0.25) is 0 Å². The highest BCUT2D eigenvalue weighted by Gasteiger charge is 2.20. The monoisotopic (exact) mass is 178 g/mol. The van der Waals surface area contributed by atoms with Gasteiger partial charge in [0.25, 0.3) is 0 Å². The second kappa shape index (κ2) is 3.51. The zero-order valence-corrected chi connectivity index (χ0v) is 8.89. The van der Waals surface area contributed by atoms with E-state index in [-0.39, 0.29) is 0 Å². The first-order valence-corrected chi connectivity index (χ1v) is 4.77. The molecule has 0 aromatic heterocycles. The van der Waals surface area contributed by atoms with Crippen molar-refractivity contribution in [1.29, 1.82) is 0 Å². The van der Waals surface area contributed by atoms with Crippen molar-refractivity contribution in [2.45, 2.75) is 39.7 Å². The van der Waals surface area contributed by atoms with Gasteiger partial charge in [-0.25, -0.2) is 0 Å². The predicted molar refractivity (Wildman–Crippen MR) is 55.8 cm³/mol. The average Bonchev–Trinajstić information content (AvgIpc) is 2.09. The number of rotatable bonds is 2.